The minimum Gasteiger partial charge on any atom is -0.493 e. The lowest BCUT2D eigenvalue weighted by Gasteiger charge is -2.17. The van der Waals surface area contributed by atoms with Crippen molar-refractivity contribution < 1.29 is 19.4 Å². The monoisotopic (exact) mass is 431 g/mol. The van der Waals surface area contributed by atoms with Crippen molar-refractivity contribution in [2.45, 2.75) is 13.2 Å². The molecule has 0 atom stereocenters. The smallest absolute Gasteiger partial charge is 0.335 e. The van der Waals surface area contributed by atoms with Gasteiger partial charge in [-0.2, -0.15) is 0 Å². The van der Waals surface area contributed by atoms with Gasteiger partial charge in [-0.15, -0.1) is 0 Å². The molecule has 0 spiro atoms. The number of halogens is 2. The van der Waals surface area contributed by atoms with Crippen LogP contribution in [0, 0.1) is 0 Å². The van der Waals surface area contributed by atoms with Crippen molar-refractivity contribution in [1.82, 2.24) is 0 Å². The first-order chi connectivity index (χ1) is 14.0. The molecular formula is C22H19Cl2NO4. The molecule has 0 aromatic heterocycles. The van der Waals surface area contributed by atoms with E-state index >= 15 is 0 Å². The molecular weight excluding hydrogens is 413 g/mol. The van der Waals surface area contributed by atoms with Gasteiger partial charge in [-0.05, 0) is 30.3 Å². The molecule has 0 unspecified atom stereocenters. The van der Waals surface area contributed by atoms with Crippen molar-refractivity contribution >= 4 is 34.9 Å². The molecule has 150 valence electrons. The average Bonchev–Trinajstić information content (AvgIpc) is 2.72. The number of aromatic carboxylic acids is 1. The molecule has 5 nitrogen and oxygen atoms in total. The number of methoxy groups -OCH3 is 1. The van der Waals surface area contributed by atoms with Crippen LogP contribution in [0.5, 0.6) is 11.5 Å². The molecule has 0 aliphatic carbocycles. The van der Waals surface area contributed by atoms with E-state index in [4.69, 9.17) is 32.7 Å². The molecule has 3 aromatic carbocycles. The number of hydrogen-bond acceptors (Lipinski definition) is 4. The molecule has 0 amide bonds. The second-order valence-corrected chi connectivity index (χ2v) is 7.00. The highest BCUT2D eigenvalue weighted by Gasteiger charge is 2.13. The number of rotatable bonds is 8. The van der Waals surface area contributed by atoms with Gasteiger partial charge < -0.3 is 19.9 Å². The standard InChI is InChI=1S/C22H19Cl2NO4/c1-28-20-8-4-6-15(21(20)29-13-16-5-2-3-7-17(16)23)12-25-19-11-14(22(26)27)9-10-18(19)24/h2-11,25H,12-13H2,1H3,(H,26,27). The van der Waals surface area contributed by atoms with Gasteiger partial charge in [0.15, 0.2) is 11.5 Å². The van der Waals surface area contributed by atoms with E-state index in [0.29, 0.717) is 33.8 Å². The fraction of sp³-hybridized carbons (Fsp3) is 0.136. The normalized spacial score (nSPS) is 10.4. The quantitative estimate of drug-likeness (QED) is 0.465. The summed E-state index contributed by atoms with van der Waals surface area (Å²) in [5.74, 6) is 0.143. The number of anilines is 1. The molecule has 0 fully saturated rings. The largest absolute Gasteiger partial charge is 0.493 e. The summed E-state index contributed by atoms with van der Waals surface area (Å²) in [7, 11) is 1.57. The molecule has 0 heterocycles. The van der Waals surface area contributed by atoms with Gasteiger partial charge in [-0.3, -0.25) is 0 Å². The zero-order chi connectivity index (χ0) is 20.8. The molecule has 3 aromatic rings. The van der Waals surface area contributed by atoms with E-state index < -0.39 is 5.97 Å². The third-order valence-electron chi connectivity index (χ3n) is 4.29. The van der Waals surface area contributed by atoms with E-state index in [0.717, 1.165) is 11.1 Å². The van der Waals surface area contributed by atoms with Gasteiger partial charge in [-0.25, -0.2) is 4.79 Å². The van der Waals surface area contributed by atoms with Crippen LogP contribution in [-0.4, -0.2) is 18.2 Å². The Morgan fingerprint density at radius 2 is 1.76 bits per heavy atom. The lowest BCUT2D eigenvalue weighted by molar-refractivity contribution is 0.0697. The summed E-state index contributed by atoms with van der Waals surface area (Å²) < 4.78 is 11.5. The van der Waals surface area contributed by atoms with Crippen molar-refractivity contribution in [2.24, 2.45) is 0 Å². The highest BCUT2D eigenvalue weighted by Crippen LogP contribution is 2.33. The molecule has 0 aliphatic rings. The highest BCUT2D eigenvalue weighted by molar-refractivity contribution is 6.33. The number of carboxylic acids is 1. The van der Waals surface area contributed by atoms with Crippen molar-refractivity contribution in [3.05, 3.63) is 87.4 Å². The lowest BCUT2D eigenvalue weighted by atomic mass is 10.1. The summed E-state index contributed by atoms with van der Waals surface area (Å²) in [5.41, 5.74) is 2.36. The fourth-order valence-corrected chi connectivity index (χ4v) is 3.15. The van der Waals surface area contributed by atoms with Gasteiger partial charge in [-0.1, -0.05) is 53.5 Å². The van der Waals surface area contributed by atoms with Gasteiger partial charge in [0.25, 0.3) is 0 Å². The predicted molar refractivity (Wildman–Crippen MR) is 115 cm³/mol. The Morgan fingerprint density at radius 3 is 2.48 bits per heavy atom. The van der Waals surface area contributed by atoms with Crippen molar-refractivity contribution in [2.75, 3.05) is 12.4 Å². The minimum atomic E-state index is -1.02. The second kappa shape index (κ2) is 9.54. The van der Waals surface area contributed by atoms with Crippen LogP contribution in [0.4, 0.5) is 5.69 Å². The zero-order valence-electron chi connectivity index (χ0n) is 15.6. The SMILES string of the molecule is COc1cccc(CNc2cc(C(=O)O)ccc2Cl)c1OCc1ccccc1Cl. The maximum atomic E-state index is 11.2. The van der Waals surface area contributed by atoms with Crippen LogP contribution in [-0.2, 0) is 13.2 Å². The Balaban J connectivity index is 1.82. The van der Waals surface area contributed by atoms with Crippen molar-refractivity contribution in [1.29, 1.82) is 0 Å². The molecule has 0 radical (unpaired) electrons. The van der Waals surface area contributed by atoms with Crippen LogP contribution in [0.2, 0.25) is 10.0 Å². The van der Waals surface area contributed by atoms with Crippen LogP contribution in [0.3, 0.4) is 0 Å². The number of nitrogens with one attached hydrogen (secondary N) is 1. The third kappa shape index (κ3) is 5.13. The summed E-state index contributed by atoms with van der Waals surface area (Å²) in [6.07, 6.45) is 0. The molecule has 3 rings (SSSR count). The molecule has 7 heteroatoms. The summed E-state index contributed by atoms with van der Waals surface area (Å²) in [4.78, 5) is 11.2. The third-order valence-corrected chi connectivity index (χ3v) is 4.99. The van der Waals surface area contributed by atoms with Gasteiger partial charge in [0.2, 0.25) is 0 Å². The summed E-state index contributed by atoms with van der Waals surface area (Å²) in [6, 6.07) is 17.5. The Morgan fingerprint density at radius 1 is 1.00 bits per heavy atom. The van der Waals surface area contributed by atoms with Crippen LogP contribution < -0.4 is 14.8 Å². The Labute approximate surface area is 178 Å². The minimum absolute atomic E-state index is 0.151. The van der Waals surface area contributed by atoms with Gasteiger partial charge >= 0.3 is 5.97 Å². The topological polar surface area (TPSA) is 67.8 Å². The molecule has 0 aliphatic heterocycles. The second-order valence-electron chi connectivity index (χ2n) is 6.18. The number of benzene rings is 3. The van der Waals surface area contributed by atoms with E-state index in [2.05, 4.69) is 5.32 Å². The van der Waals surface area contributed by atoms with Crippen molar-refractivity contribution in [3.8, 4) is 11.5 Å². The molecule has 2 N–H and O–H groups in total. The summed E-state index contributed by atoms with van der Waals surface area (Å²) in [5, 5.41) is 13.4. The van der Waals surface area contributed by atoms with E-state index in [1.54, 1.807) is 13.2 Å². The zero-order valence-corrected chi connectivity index (χ0v) is 17.1. The number of para-hydroxylation sites is 1. The van der Waals surface area contributed by atoms with Crippen LogP contribution in [0.1, 0.15) is 21.5 Å². The maximum Gasteiger partial charge on any atom is 0.335 e. The number of carboxylic acid groups (broad SMARTS) is 1. The number of carbonyl (C=O) groups is 1. The first kappa shape index (κ1) is 20.8. The lowest BCUT2D eigenvalue weighted by Crippen LogP contribution is -2.06. The molecule has 0 saturated carbocycles. The predicted octanol–water partition coefficient (Wildman–Crippen LogP) is 5.89. The van der Waals surface area contributed by atoms with Gasteiger partial charge in [0.05, 0.1) is 23.4 Å². The van der Waals surface area contributed by atoms with E-state index in [-0.39, 0.29) is 12.2 Å². The summed E-state index contributed by atoms with van der Waals surface area (Å²) >= 11 is 12.4. The fourth-order valence-electron chi connectivity index (χ4n) is 2.77. The van der Waals surface area contributed by atoms with Gasteiger partial charge in [0, 0.05) is 22.7 Å². The first-order valence-corrected chi connectivity index (χ1v) is 9.54. The van der Waals surface area contributed by atoms with Crippen LogP contribution in [0.25, 0.3) is 0 Å². The van der Waals surface area contributed by atoms with E-state index in [9.17, 15) is 9.90 Å². The molecule has 0 bridgehead atoms. The number of ether oxygens (including phenoxy) is 2. The Hall–Kier alpha value is -2.89. The highest BCUT2D eigenvalue weighted by atomic mass is 35.5. The first-order valence-electron chi connectivity index (χ1n) is 8.78. The number of hydrogen-bond donors (Lipinski definition) is 2. The van der Waals surface area contributed by atoms with Crippen molar-refractivity contribution in [3.63, 3.8) is 0 Å². The summed E-state index contributed by atoms with van der Waals surface area (Å²) in [6.45, 7) is 0.639. The maximum absolute atomic E-state index is 11.2. The van der Waals surface area contributed by atoms with Gasteiger partial charge in [0.1, 0.15) is 6.61 Å². The Bertz CT molecular complexity index is 1020. The Kier molecular flexibility index (Phi) is 6.86. The molecule has 29 heavy (non-hydrogen) atoms. The van der Waals surface area contributed by atoms with Crippen LogP contribution in [0.15, 0.2) is 60.7 Å². The van der Waals surface area contributed by atoms with E-state index in [1.807, 2.05) is 42.5 Å². The van der Waals surface area contributed by atoms with E-state index in [1.165, 1.54) is 12.1 Å². The molecule has 0 saturated heterocycles. The van der Waals surface area contributed by atoms with Crippen LogP contribution >= 0.6 is 23.2 Å². The average molecular weight is 432 g/mol.